The van der Waals surface area contributed by atoms with Crippen LogP contribution < -0.4 is 15.4 Å². The highest BCUT2D eigenvalue weighted by Crippen LogP contribution is 2.31. The van der Waals surface area contributed by atoms with Gasteiger partial charge < -0.3 is 10.1 Å². The zero-order valence-corrected chi connectivity index (χ0v) is 11.6. The molecule has 19 heavy (non-hydrogen) atoms. The maximum Gasteiger partial charge on any atom is 0.236 e. The summed E-state index contributed by atoms with van der Waals surface area (Å²) in [6.45, 7) is 5.34. The van der Waals surface area contributed by atoms with Crippen molar-refractivity contribution in [2.24, 2.45) is 0 Å². The molecule has 2 rings (SSSR count). The maximum absolute atomic E-state index is 11.9. The summed E-state index contributed by atoms with van der Waals surface area (Å²) in [7, 11) is 0. The van der Waals surface area contributed by atoms with E-state index in [4.69, 9.17) is 4.74 Å². The molecule has 2 unspecified atom stereocenters. The van der Waals surface area contributed by atoms with Gasteiger partial charge in [0.1, 0.15) is 12.4 Å². The van der Waals surface area contributed by atoms with E-state index in [1.54, 1.807) is 0 Å². The third kappa shape index (κ3) is 3.47. The summed E-state index contributed by atoms with van der Waals surface area (Å²) in [5.74, 6) is 0.969. The lowest BCUT2D eigenvalue weighted by atomic mass is 10.1. The van der Waals surface area contributed by atoms with Gasteiger partial charge >= 0.3 is 0 Å². The van der Waals surface area contributed by atoms with Gasteiger partial charge in [0, 0.05) is 12.1 Å². The Bertz CT molecular complexity index is 434. The number of carbonyl (C=O) groups is 1. The first-order chi connectivity index (χ1) is 9.22. The van der Waals surface area contributed by atoms with Gasteiger partial charge in [-0.2, -0.15) is 0 Å². The van der Waals surface area contributed by atoms with Gasteiger partial charge in [0.25, 0.3) is 0 Å². The van der Waals surface area contributed by atoms with Gasteiger partial charge in [-0.15, -0.1) is 0 Å². The summed E-state index contributed by atoms with van der Waals surface area (Å²) in [5, 5.41) is 6.26. The minimum absolute atomic E-state index is 0.0535. The van der Waals surface area contributed by atoms with E-state index in [2.05, 4.69) is 17.6 Å². The number of nitrogens with one attached hydrogen (secondary N) is 2. The Labute approximate surface area is 114 Å². The van der Waals surface area contributed by atoms with E-state index < -0.39 is 0 Å². The topological polar surface area (TPSA) is 50.4 Å². The van der Waals surface area contributed by atoms with Crippen LogP contribution in [0.5, 0.6) is 5.75 Å². The van der Waals surface area contributed by atoms with Crippen LogP contribution in [0, 0.1) is 0 Å². The number of carbonyl (C=O) groups excluding carboxylic acids is 1. The largest absolute Gasteiger partial charge is 0.491 e. The molecule has 4 heteroatoms. The van der Waals surface area contributed by atoms with E-state index >= 15 is 0 Å². The molecule has 104 valence electrons. The molecule has 0 fully saturated rings. The number of fused-ring (bicyclic) bond motifs is 1. The molecule has 0 bridgehead atoms. The summed E-state index contributed by atoms with van der Waals surface area (Å²) in [5.41, 5.74) is 1.13. The van der Waals surface area contributed by atoms with Crippen molar-refractivity contribution in [2.45, 2.75) is 38.8 Å². The van der Waals surface area contributed by atoms with E-state index in [0.717, 1.165) is 30.7 Å². The van der Waals surface area contributed by atoms with Crippen LogP contribution in [-0.2, 0) is 4.79 Å². The lowest BCUT2D eigenvalue weighted by Gasteiger charge is -2.18. The SMILES string of the molecule is CCCCNC(=O)C(C)NC1COc2ccccc21. The molecule has 1 aliphatic heterocycles. The molecule has 0 saturated heterocycles. The number of unbranched alkanes of at least 4 members (excludes halogenated alkanes) is 1. The van der Waals surface area contributed by atoms with Crippen LogP contribution >= 0.6 is 0 Å². The Morgan fingerprint density at radius 2 is 2.26 bits per heavy atom. The van der Waals surface area contributed by atoms with Crippen LogP contribution in [0.15, 0.2) is 24.3 Å². The highest BCUT2D eigenvalue weighted by molar-refractivity contribution is 5.81. The Morgan fingerprint density at radius 1 is 1.47 bits per heavy atom. The van der Waals surface area contributed by atoms with E-state index in [1.165, 1.54) is 0 Å². The van der Waals surface area contributed by atoms with Gasteiger partial charge in [-0.1, -0.05) is 31.5 Å². The van der Waals surface area contributed by atoms with Crippen LogP contribution in [0.1, 0.15) is 38.3 Å². The van der Waals surface area contributed by atoms with E-state index in [9.17, 15) is 4.79 Å². The number of amides is 1. The van der Waals surface area contributed by atoms with E-state index in [0.29, 0.717) is 6.61 Å². The number of ether oxygens (including phenoxy) is 1. The van der Waals surface area contributed by atoms with E-state index in [1.807, 2.05) is 31.2 Å². The minimum atomic E-state index is -0.211. The van der Waals surface area contributed by atoms with Crippen LogP contribution in [0.25, 0.3) is 0 Å². The fourth-order valence-corrected chi connectivity index (χ4v) is 2.22. The molecule has 1 amide bonds. The van der Waals surface area contributed by atoms with Crippen molar-refractivity contribution in [1.29, 1.82) is 0 Å². The summed E-state index contributed by atoms with van der Waals surface area (Å²) in [4.78, 5) is 11.9. The fraction of sp³-hybridized carbons (Fsp3) is 0.533. The van der Waals surface area contributed by atoms with Crippen molar-refractivity contribution in [3.05, 3.63) is 29.8 Å². The first-order valence-corrected chi connectivity index (χ1v) is 6.98. The normalized spacial score (nSPS) is 18.5. The fourth-order valence-electron chi connectivity index (χ4n) is 2.22. The number of para-hydroxylation sites is 1. The summed E-state index contributed by atoms with van der Waals surface area (Å²) in [6.07, 6.45) is 2.11. The van der Waals surface area contributed by atoms with Gasteiger partial charge in [-0.25, -0.2) is 0 Å². The summed E-state index contributed by atoms with van der Waals surface area (Å²) < 4.78 is 5.60. The standard InChI is InChI=1S/C15H22N2O2/c1-3-4-9-16-15(18)11(2)17-13-10-19-14-8-6-5-7-12(13)14/h5-8,11,13,17H,3-4,9-10H2,1-2H3,(H,16,18). The predicted octanol–water partition coefficient (Wildman–Crippen LogP) is 2.01. The van der Waals surface area contributed by atoms with Crippen LogP contribution in [0.3, 0.4) is 0 Å². The molecule has 0 spiro atoms. The monoisotopic (exact) mass is 262 g/mol. The third-order valence-electron chi connectivity index (χ3n) is 3.37. The lowest BCUT2D eigenvalue weighted by molar-refractivity contribution is -0.122. The first-order valence-electron chi connectivity index (χ1n) is 6.98. The number of hydrogen-bond donors (Lipinski definition) is 2. The zero-order valence-electron chi connectivity index (χ0n) is 11.6. The molecule has 2 N–H and O–H groups in total. The Hall–Kier alpha value is -1.55. The third-order valence-corrected chi connectivity index (χ3v) is 3.37. The second-order valence-corrected chi connectivity index (χ2v) is 4.93. The molecular formula is C15H22N2O2. The van der Waals surface area contributed by atoms with Crippen molar-refractivity contribution >= 4 is 5.91 Å². The predicted molar refractivity (Wildman–Crippen MR) is 75.2 cm³/mol. The minimum Gasteiger partial charge on any atom is -0.491 e. The van der Waals surface area contributed by atoms with Crippen molar-refractivity contribution in [2.75, 3.05) is 13.2 Å². The molecule has 2 atom stereocenters. The summed E-state index contributed by atoms with van der Waals surface area (Å²) >= 11 is 0. The highest BCUT2D eigenvalue weighted by Gasteiger charge is 2.26. The molecule has 0 aliphatic carbocycles. The molecule has 1 aliphatic rings. The lowest BCUT2D eigenvalue weighted by Crippen LogP contribution is -2.44. The number of rotatable bonds is 6. The summed E-state index contributed by atoms with van der Waals surface area (Å²) in [6, 6.07) is 7.85. The number of benzene rings is 1. The molecule has 1 aromatic rings. The van der Waals surface area contributed by atoms with Crippen molar-refractivity contribution in [1.82, 2.24) is 10.6 Å². The molecule has 0 aromatic heterocycles. The van der Waals surface area contributed by atoms with Gasteiger partial charge in [0.05, 0.1) is 12.1 Å². The molecular weight excluding hydrogens is 240 g/mol. The Kier molecular flexibility index (Phi) is 4.80. The quantitative estimate of drug-likeness (QED) is 0.771. The maximum atomic E-state index is 11.9. The van der Waals surface area contributed by atoms with Gasteiger partial charge in [-0.05, 0) is 19.4 Å². The molecule has 1 heterocycles. The van der Waals surface area contributed by atoms with Crippen molar-refractivity contribution in [3.63, 3.8) is 0 Å². The second-order valence-electron chi connectivity index (χ2n) is 4.93. The molecule has 0 saturated carbocycles. The van der Waals surface area contributed by atoms with Crippen LogP contribution in [-0.4, -0.2) is 25.1 Å². The molecule has 1 aromatic carbocycles. The van der Waals surface area contributed by atoms with Gasteiger partial charge in [0.15, 0.2) is 0 Å². The van der Waals surface area contributed by atoms with Gasteiger partial charge in [0.2, 0.25) is 5.91 Å². The average molecular weight is 262 g/mol. The molecule has 0 radical (unpaired) electrons. The Morgan fingerprint density at radius 3 is 3.05 bits per heavy atom. The van der Waals surface area contributed by atoms with Crippen molar-refractivity contribution < 1.29 is 9.53 Å². The van der Waals surface area contributed by atoms with Crippen molar-refractivity contribution in [3.8, 4) is 5.75 Å². The highest BCUT2D eigenvalue weighted by atomic mass is 16.5. The Balaban J connectivity index is 1.86. The second kappa shape index (κ2) is 6.57. The zero-order chi connectivity index (χ0) is 13.7. The smallest absolute Gasteiger partial charge is 0.236 e. The molecule has 4 nitrogen and oxygen atoms in total. The van der Waals surface area contributed by atoms with Crippen LogP contribution in [0.4, 0.5) is 0 Å². The number of hydrogen-bond acceptors (Lipinski definition) is 3. The average Bonchev–Trinajstić information content (AvgIpc) is 2.82. The van der Waals surface area contributed by atoms with Gasteiger partial charge in [-0.3, -0.25) is 10.1 Å². The first kappa shape index (κ1) is 13.9. The van der Waals surface area contributed by atoms with E-state index in [-0.39, 0.29) is 18.0 Å². The van der Waals surface area contributed by atoms with Crippen LogP contribution in [0.2, 0.25) is 0 Å².